The fourth-order valence-electron chi connectivity index (χ4n) is 1.09. The van der Waals surface area contributed by atoms with Gasteiger partial charge in [-0.25, -0.2) is 4.79 Å². The van der Waals surface area contributed by atoms with Gasteiger partial charge in [0.15, 0.2) is 0 Å². The smallest absolute Gasteiger partial charge is 0.410 e. The molecule has 15 heavy (non-hydrogen) atoms. The highest BCUT2D eigenvalue weighted by molar-refractivity contribution is 5.68. The number of hydrogen-bond acceptors (Lipinski definition) is 3. The summed E-state index contributed by atoms with van der Waals surface area (Å²) in [4.78, 5) is 13.2. The summed E-state index contributed by atoms with van der Waals surface area (Å²) in [5, 5.41) is 8.69. The summed E-state index contributed by atoms with van der Waals surface area (Å²) in [6, 6.07) is 0.0898. The minimum absolute atomic E-state index is 0.0898. The van der Waals surface area contributed by atoms with E-state index in [1.807, 2.05) is 27.7 Å². The maximum Gasteiger partial charge on any atom is 0.410 e. The first-order valence-electron chi connectivity index (χ1n) is 5.34. The molecule has 0 spiro atoms. The maximum absolute atomic E-state index is 11.6. The minimum Gasteiger partial charge on any atom is -0.444 e. The van der Waals surface area contributed by atoms with E-state index in [2.05, 4.69) is 0 Å². The van der Waals surface area contributed by atoms with E-state index in [9.17, 15) is 4.79 Å². The SMILES string of the molecule is C[C@@H](CCCO)N(C)C(=O)OC(C)(C)C. The van der Waals surface area contributed by atoms with Crippen molar-refractivity contribution in [3.63, 3.8) is 0 Å². The van der Waals surface area contributed by atoms with Crippen LogP contribution in [0, 0.1) is 0 Å². The number of carbonyl (C=O) groups excluding carboxylic acids is 1. The number of hydrogen-bond donors (Lipinski definition) is 1. The summed E-state index contributed by atoms with van der Waals surface area (Å²) in [5.41, 5.74) is -0.456. The molecule has 0 radical (unpaired) electrons. The number of ether oxygens (including phenoxy) is 1. The average Bonchev–Trinajstić information content (AvgIpc) is 2.10. The standard InChI is InChI=1S/C11H23NO3/c1-9(7-6-8-13)12(5)10(14)15-11(2,3)4/h9,13H,6-8H2,1-5H3/t9-/m0/s1. The van der Waals surface area contributed by atoms with E-state index in [4.69, 9.17) is 9.84 Å². The van der Waals surface area contributed by atoms with Crippen molar-refractivity contribution in [2.24, 2.45) is 0 Å². The lowest BCUT2D eigenvalue weighted by molar-refractivity contribution is 0.0224. The van der Waals surface area contributed by atoms with Crippen molar-refractivity contribution in [1.29, 1.82) is 0 Å². The van der Waals surface area contributed by atoms with Crippen LogP contribution in [0.4, 0.5) is 4.79 Å². The number of aliphatic hydroxyl groups excluding tert-OH is 1. The van der Waals surface area contributed by atoms with E-state index in [0.29, 0.717) is 6.42 Å². The summed E-state index contributed by atoms with van der Waals surface area (Å²) in [7, 11) is 1.72. The normalized spacial score (nSPS) is 13.5. The van der Waals surface area contributed by atoms with Crippen LogP contribution in [0.1, 0.15) is 40.5 Å². The summed E-state index contributed by atoms with van der Waals surface area (Å²) in [6.07, 6.45) is 1.17. The van der Waals surface area contributed by atoms with Gasteiger partial charge in [0.25, 0.3) is 0 Å². The Morgan fingerprint density at radius 2 is 2.00 bits per heavy atom. The second kappa shape index (κ2) is 5.95. The first kappa shape index (κ1) is 14.2. The Hall–Kier alpha value is -0.770. The van der Waals surface area contributed by atoms with Gasteiger partial charge in [0.05, 0.1) is 0 Å². The molecule has 1 N–H and O–H groups in total. The Kier molecular flexibility index (Phi) is 5.65. The van der Waals surface area contributed by atoms with Crippen LogP contribution in [-0.2, 0) is 4.74 Å². The molecule has 0 aliphatic carbocycles. The second-order valence-corrected chi connectivity index (χ2v) is 4.81. The first-order chi connectivity index (χ1) is 6.78. The third-order valence-corrected chi connectivity index (χ3v) is 2.12. The van der Waals surface area contributed by atoms with Gasteiger partial charge in [-0.05, 0) is 40.5 Å². The molecular weight excluding hydrogens is 194 g/mol. The molecule has 0 heterocycles. The molecule has 0 fully saturated rings. The van der Waals surface area contributed by atoms with Crippen molar-refractivity contribution in [2.45, 2.75) is 52.2 Å². The summed E-state index contributed by atoms with van der Waals surface area (Å²) < 4.78 is 5.23. The van der Waals surface area contributed by atoms with E-state index >= 15 is 0 Å². The van der Waals surface area contributed by atoms with E-state index in [1.54, 1.807) is 11.9 Å². The zero-order valence-corrected chi connectivity index (χ0v) is 10.4. The van der Waals surface area contributed by atoms with Gasteiger partial charge in [0.1, 0.15) is 5.60 Å². The number of amides is 1. The maximum atomic E-state index is 11.6. The highest BCUT2D eigenvalue weighted by atomic mass is 16.6. The van der Waals surface area contributed by atoms with Crippen LogP contribution in [0.2, 0.25) is 0 Å². The monoisotopic (exact) mass is 217 g/mol. The van der Waals surface area contributed by atoms with Gasteiger partial charge in [-0.15, -0.1) is 0 Å². The second-order valence-electron chi connectivity index (χ2n) is 4.81. The molecule has 0 aromatic rings. The zero-order valence-electron chi connectivity index (χ0n) is 10.4. The molecule has 4 nitrogen and oxygen atoms in total. The number of nitrogens with zero attached hydrogens (tertiary/aromatic N) is 1. The molecule has 0 saturated heterocycles. The van der Waals surface area contributed by atoms with Crippen molar-refractivity contribution in [3.05, 3.63) is 0 Å². The van der Waals surface area contributed by atoms with Crippen LogP contribution in [0.3, 0.4) is 0 Å². The summed E-state index contributed by atoms with van der Waals surface area (Å²) in [6.45, 7) is 7.64. The number of aliphatic hydroxyl groups is 1. The number of rotatable bonds is 4. The Bertz CT molecular complexity index is 198. The lowest BCUT2D eigenvalue weighted by Gasteiger charge is -2.28. The van der Waals surface area contributed by atoms with Crippen LogP contribution in [0.25, 0.3) is 0 Å². The van der Waals surface area contributed by atoms with Crippen molar-refractivity contribution in [2.75, 3.05) is 13.7 Å². The Balaban J connectivity index is 4.08. The van der Waals surface area contributed by atoms with Gasteiger partial charge in [-0.1, -0.05) is 0 Å². The number of carbonyl (C=O) groups is 1. The highest BCUT2D eigenvalue weighted by Crippen LogP contribution is 2.12. The molecule has 0 aliphatic rings. The van der Waals surface area contributed by atoms with Crippen molar-refractivity contribution in [3.8, 4) is 0 Å². The third-order valence-electron chi connectivity index (χ3n) is 2.12. The van der Waals surface area contributed by atoms with Gasteiger partial charge >= 0.3 is 6.09 Å². The van der Waals surface area contributed by atoms with E-state index in [1.165, 1.54) is 0 Å². The minimum atomic E-state index is -0.456. The fraction of sp³-hybridized carbons (Fsp3) is 0.909. The zero-order chi connectivity index (χ0) is 12.1. The lowest BCUT2D eigenvalue weighted by Crippen LogP contribution is -2.39. The molecule has 0 aliphatic heterocycles. The predicted octanol–water partition coefficient (Wildman–Crippen LogP) is 2.01. The first-order valence-corrected chi connectivity index (χ1v) is 5.34. The molecule has 0 aromatic carbocycles. The average molecular weight is 217 g/mol. The Morgan fingerprint density at radius 1 is 1.47 bits per heavy atom. The van der Waals surface area contributed by atoms with Crippen molar-refractivity contribution >= 4 is 6.09 Å². The summed E-state index contributed by atoms with van der Waals surface area (Å²) >= 11 is 0. The molecule has 0 saturated carbocycles. The molecule has 0 unspecified atom stereocenters. The molecule has 0 rings (SSSR count). The van der Waals surface area contributed by atoms with Crippen LogP contribution in [-0.4, -0.2) is 41.4 Å². The lowest BCUT2D eigenvalue weighted by atomic mass is 10.1. The molecule has 4 heteroatoms. The highest BCUT2D eigenvalue weighted by Gasteiger charge is 2.22. The molecule has 1 atom stereocenters. The Labute approximate surface area is 92.2 Å². The molecular formula is C11H23NO3. The van der Waals surface area contributed by atoms with E-state index < -0.39 is 5.60 Å². The largest absolute Gasteiger partial charge is 0.444 e. The van der Waals surface area contributed by atoms with Crippen LogP contribution >= 0.6 is 0 Å². The third kappa shape index (κ3) is 6.33. The fourth-order valence-corrected chi connectivity index (χ4v) is 1.09. The van der Waals surface area contributed by atoms with Crippen molar-refractivity contribution < 1.29 is 14.6 Å². The van der Waals surface area contributed by atoms with Crippen molar-refractivity contribution in [1.82, 2.24) is 4.90 Å². The van der Waals surface area contributed by atoms with Gasteiger partial charge in [-0.2, -0.15) is 0 Å². The van der Waals surface area contributed by atoms with E-state index in [-0.39, 0.29) is 18.7 Å². The predicted molar refractivity (Wildman–Crippen MR) is 59.8 cm³/mol. The van der Waals surface area contributed by atoms with Crippen LogP contribution in [0.15, 0.2) is 0 Å². The quantitative estimate of drug-likeness (QED) is 0.783. The van der Waals surface area contributed by atoms with Gasteiger partial charge in [0.2, 0.25) is 0 Å². The van der Waals surface area contributed by atoms with Gasteiger partial charge in [0, 0.05) is 19.7 Å². The van der Waals surface area contributed by atoms with Gasteiger partial charge < -0.3 is 14.7 Å². The Morgan fingerprint density at radius 3 is 2.40 bits per heavy atom. The molecule has 90 valence electrons. The molecule has 0 bridgehead atoms. The van der Waals surface area contributed by atoms with Crippen LogP contribution < -0.4 is 0 Å². The van der Waals surface area contributed by atoms with Crippen LogP contribution in [0.5, 0.6) is 0 Å². The topological polar surface area (TPSA) is 49.8 Å². The summed E-state index contributed by atoms with van der Waals surface area (Å²) in [5.74, 6) is 0. The van der Waals surface area contributed by atoms with E-state index in [0.717, 1.165) is 6.42 Å². The molecule has 0 aromatic heterocycles. The molecule has 1 amide bonds. The van der Waals surface area contributed by atoms with Gasteiger partial charge in [-0.3, -0.25) is 0 Å².